The Morgan fingerprint density at radius 1 is 1.36 bits per heavy atom. The third-order valence-corrected chi connectivity index (χ3v) is 3.29. The van der Waals surface area contributed by atoms with Crippen LogP contribution < -0.4 is 5.73 Å². The van der Waals surface area contributed by atoms with Gasteiger partial charge in [-0.05, 0) is 28.8 Å². The lowest BCUT2D eigenvalue weighted by atomic mass is 10.1. The molecule has 3 N–H and O–H groups in total. The van der Waals surface area contributed by atoms with Crippen LogP contribution in [0.4, 0.5) is 0 Å². The zero-order chi connectivity index (χ0) is 9.97. The minimum absolute atomic E-state index is 0.0458. The Balaban J connectivity index is 2.33. The Morgan fingerprint density at radius 3 is 2.93 bits per heavy atom. The summed E-state index contributed by atoms with van der Waals surface area (Å²) in [6, 6.07) is 8.13. The molecule has 2 nitrogen and oxygen atoms in total. The highest BCUT2D eigenvalue weighted by Gasteiger charge is 2.07. The van der Waals surface area contributed by atoms with Gasteiger partial charge in [-0.2, -0.15) is 0 Å². The first-order chi connectivity index (χ1) is 6.81. The van der Waals surface area contributed by atoms with Crippen LogP contribution in [-0.2, 0) is 6.42 Å². The molecule has 2 aromatic rings. The zero-order valence-electron chi connectivity index (χ0n) is 7.81. The summed E-state index contributed by atoms with van der Waals surface area (Å²) >= 11 is 1.73. The summed E-state index contributed by atoms with van der Waals surface area (Å²) in [6.07, 6.45) is 0.751. The zero-order valence-corrected chi connectivity index (χ0v) is 8.63. The summed E-state index contributed by atoms with van der Waals surface area (Å²) in [4.78, 5) is 0. The SMILES string of the molecule is NC(CO)Cc1csc2ccccc12. The second-order valence-electron chi connectivity index (χ2n) is 3.40. The summed E-state index contributed by atoms with van der Waals surface area (Å²) in [5.74, 6) is 0. The number of nitrogens with two attached hydrogens (primary N) is 1. The largest absolute Gasteiger partial charge is 0.395 e. The molecule has 0 radical (unpaired) electrons. The van der Waals surface area contributed by atoms with Gasteiger partial charge in [0.1, 0.15) is 0 Å². The Kier molecular flexibility index (Phi) is 2.82. The van der Waals surface area contributed by atoms with Gasteiger partial charge in [0.2, 0.25) is 0 Å². The maximum atomic E-state index is 8.88. The number of hydrogen-bond donors (Lipinski definition) is 2. The molecule has 1 aromatic carbocycles. The average molecular weight is 207 g/mol. The van der Waals surface area contributed by atoms with Crippen molar-refractivity contribution in [1.29, 1.82) is 0 Å². The van der Waals surface area contributed by atoms with Crippen molar-refractivity contribution in [2.75, 3.05) is 6.61 Å². The first kappa shape index (κ1) is 9.65. The normalized spacial score (nSPS) is 13.3. The van der Waals surface area contributed by atoms with Gasteiger partial charge < -0.3 is 10.8 Å². The number of benzene rings is 1. The van der Waals surface area contributed by atoms with Crippen LogP contribution in [-0.4, -0.2) is 17.8 Å². The number of aliphatic hydroxyl groups is 1. The van der Waals surface area contributed by atoms with E-state index in [-0.39, 0.29) is 12.6 Å². The highest BCUT2D eigenvalue weighted by Crippen LogP contribution is 2.26. The highest BCUT2D eigenvalue weighted by atomic mass is 32.1. The molecule has 3 heteroatoms. The van der Waals surface area contributed by atoms with Crippen molar-refractivity contribution in [2.45, 2.75) is 12.5 Å². The third kappa shape index (κ3) is 1.80. The van der Waals surface area contributed by atoms with Crippen LogP contribution in [0.2, 0.25) is 0 Å². The van der Waals surface area contributed by atoms with E-state index in [1.165, 1.54) is 15.6 Å². The maximum absolute atomic E-state index is 8.88. The van der Waals surface area contributed by atoms with Gasteiger partial charge >= 0.3 is 0 Å². The number of rotatable bonds is 3. The number of fused-ring (bicyclic) bond motifs is 1. The fraction of sp³-hybridized carbons (Fsp3) is 0.273. The number of hydrogen-bond acceptors (Lipinski definition) is 3. The van der Waals surface area contributed by atoms with Crippen molar-refractivity contribution in [3.63, 3.8) is 0 Å². The van der Waals surface area contributed by atoms with Gasteiger partial charge in [0.25, 0.3) is 0 Å². The first-order valence-corrected chi connectivity index (χ1v) is 5.51. The van der Waals surface area contributed by atoms with Gasteiger partial charge in [-0.15, -0.1) is 11.3 Å². The second kappa shape index (κ2) is 4.09. The standard InChI is InChI=1S/C11H13NOS/c12-9(6-13)5-8-7-14-11-4-2-1-3-10(8)11/h1-4,7,9,13H,5-6,12H2. The minimum Gasteiger partial charge on any atom is -0.395 e. The molecule has 2 rings (SSSR count). The van der Waals surface area contributed by atoms with Gasteiger partial charge in [-0.3, -0.25) is 0 Å². The van der Waals surface area contributed by atoms with Gasteiger partial charge in [-0.1, -0.05) is 18.2 Å². The fourth-order valence-corrected chi connectivity index (χ4v) is 2.51. The molecular weight excluding hydrogens is 194 g/mol. The van der Waals surface area contributed by atoms with Crippen molar-refractivity contribution in [2.24, 2.45) is 5.73 Å². The van der Waals surface area contributed by atoms with Crippen LogP contribution in [0.15, 0.2) is 29.6 Å². The molecule has 0 fully saturated rings. The van der Waals surface area contributed by atoms with E-state index < -0.39 is 0 Å². The molecule has 0 aliphatic heterocycles. The molecule has 1 aromatic heterocycles. The van der Waals surface area contributed by atoms with E-state index in [0.717, 1.165) is 6.42 Å². The molecule has 0 aliphatic carbocycles. The Labute approximate surface area is 87.0 Å². The van der Waals surface area contributed by atoms with Gasteiger partial charge in [-0.25, -0.2) is 0 Å². The molecule has 14 heavy (non-hydrogen) atoms. The van der Waals surface area contributed by atoms with Crippen molar-refractivity contribution < 1.29 is 5.11 Å². The highest BCUT2D eigenvalue weighted by molar-refractivity contribution is 7.17. The van der Waals surface area contributed by atoms with Crippen molar-refractivity contribution in [3.8, 4) is 0 Å². The lowest BCUT2D eigenvalue weighted by Gasteiger charge is -2.06. The first-order valence-electron chi connectivity index (χ1n) is 4.63. The molecule has 1 atom stereocenters. The predicted octanol–water partition coefficient (Wildman–Crippen LogP) is 1.76. The van der Waals surface area contributed by atoms with E-state index in [1.54, 1.807) is 11.3 Å². The van der Waals surface area contributed by atoms with Crippen LogP contribution in [0, 0.1) is 0 Å². The summed E-state index contributed by atoms with van der Waals surface area (Å²) < 4.78 is 1.28. The van der Waals surface area contributed by atoms with Crippen molar-refractivity contribution >= 4 is 21.4 Å². The summed E-state index contributed by atoms with van der Waals surface area (Å²) in [5.41, 5.74) is 6.95. The van der Waals surface area contributed by atoms with Crippen LogP contribution in [0.5, 0.6) is 0 Å². The molecule has 74 valence electrons. The average Bonchev–Trinajstić information content (AvgIpc) is 2.62. The van der Waals surface area contributed by atoms with E-state index in [2.05, 4.69) is 17.5 Å². The Bertz CT molecular complexity index is 424. The summed E-state index contributed by atoms with van der Waals surface area (Å²) in [7, 11) is 0. The quantitative estimate of drug-likeness (QED) is 0.805. The topological polar surface area (TPSA) is 46.2 Å². The van der Waals surface area contributed by atoms with Crippen molar-refractivity contribution in [3.05, 3.63) is 35.2 Å². The Morgan fingerprint density at radius 2 is 2.14 bits per heavy atom. The number of thiophene rings is 1. The number of aliphatic hydroxyl groups excluding tert-OH is 1. The lowest BCUT2D eigenvalue weighted by Crippen LogP contribution is -2.26. The van der Waals surface area contributed by atoms with Crippen LogP contribution in [0.1, 0.15) is 5.56 Å². The van der Waals surface area contributed by atoms with Gasteiger partial charge in [0.05, 0.1) is 6.61 Å². The molecule has 0 saturated heterocycles. The monoisotopic (exact) mass is 207 g/mol. The smallest absolute Gasteiger partial charge is 0.0585 e. The summed E-state index contributed by atoms with van der Waals surface area (Å²) in [5, 5.41) is 12.3. The minimum atomic E-state index is -0.145. The molecular formula is C11H13NOS. The molecule has 0 amide bonds. The summed E-state index contributed by atoms with van der Waals surface area (Å²) in [6.45, 7) is 0.0458. The maximum Gasteiger partial charge on any atom is 0.0585 e. The molecule has 1 unspecified atom stereocenters. The van der Waals surface area contributed by atoms with Crippen LogP contribution in [0.25, 0.3) is 10.1 Å². The lowest BCUT2D eigenvalue weighted by molar-refractivity contribution is 0.265. The van der Waals surface area contributed by atoms with E-state index in [4.69, 9.17) is 10.8 Å². The third-order valence-electron chi connectivity index (χ3n) is 2.28. The van der Waals surface area contributed by atoms with E-state index >= 15 is 0 Å². The van der Waals surface area contributed by atoms with E-state index in [9.17, 15) is 0 Å². The van der Waals surface area contributed by atoms with Crippen LogP contribution >= 0.6 is 11.3 Å². The molecule has 0 spiro atoms. The fourth-order valence-electron chi connectivity index (χ4n) is 1.54. The van der Waals surface area contributed by atoms with E-state index in [0.29, 0.717) is 0 Å². The molecule has 0 bridgehead atoms. The van der Waals surface area contributed by atoms with E-state index in [1.807, 2.05) is 12.1 Å². The second-order valence-corrected chi connectivity index (χ2v) is 4.32. The van der Waals surface area contributed by atoms with Crippen molar-refractivity contribution in [1.82, 2.24) is 0 Å². The predicted molar refractivity (Wildman–Crippen MR) is 60.6 cm³/mol. The Hall–Kier alpha value is -0.900. The molecule has 1 heterocycles. The van der Waals surface area contributed by atoms with Gasteiger partial charge in [0.15, 0.2) is 0 Å². The van der Waals surface area contributed by atoms with Crippen LogP contribution in [0.3, 0.4) is 0 Å². The molecule has 0 saturated carbocycles. The van der Waals surface area contributed by atoms with Gasteiger partial charge in [0, 0.05) is 10.7 Å². The molecule has 0 aliphatic rings.